The van der Waals surface area contributed by atoms with E-state index in [1.54, 1.807) is 0 Å². The van der Waals surface area contributed by atoms with Crippen molar-refractivity contribution in [2.75, 3.05) is 26.7 Å². The minimum atomic E-state index is 0.761. The Morgan fingerprint density at radius 1 is 1.10 bits per heavy atom. The van der Waals surface area contributed by atoms with E-state index in [4.69, 9.17) is 0 Å². The van der Waals surface area contributed by atoms with Gasteiger partial charge in [-0.3, -0.25) is 0 Å². The molecule has 1 aliphatic heterocycles. The van der Waals surface area contributed by atoms with Crippen LogP contribution in [0.25, 0.3) is 0 Å². The van der Waals surface area contributed by atoms with Crippen LogP contribution in [0.2, 0.25) is 0 Å². The lowest BCUT2D eigenvalue weighted by atomic mass is 9.76. The van der Waals surface area contributed by atoms with Gasteiger partial charge in [-0.2, -0.15) is 0 Å². The van der Waals surface area contributed by atoms with E-state index < -0.39 is 0 Å². The van der Waals surface area contributed by atoms with Crippen LogP contribution in [0.1, 0.15) is 65.7 Å². The third-order valence-corrected chi connectivity index (χ3v) is 6.34. The van der Waals surface area contributed by atoms with Crippen molar-refractivity contribution < 1.29 is 0 Å². The highest BCUT2D eigenvalue weighted by Gasteiger charge is 2.30. The van der Waals surface area contributed by atoms with Gasteiger partial charge >= 0.3 is 0 Å². The van der Waals surface area contributed by atoms with E-state index in [-0.39, 0.29) is 0 Å². The van der Waals surface area contributed by atoms with Crippen LogP contribution in [0, 0.1) is 23.7 Å². The van der Waals surface area contributed by atoms with Gasteiger partial charge in [0.2, 0.25) is 0 Å². The summed E-state index contributed by atoms with van der Waals surface area (Å²) in [6.45, 7) is 11.2. The Labute approximate surface area is 133 Å². The molecule has 2 heteroatoms. The second kappa shape index (κ2) is 8.53. The summed E-state index contributed by atoms with van der Waals surface area (Å²) in [5.74, 6) is 3.69. The molecule has 4 unspecified atom stereocenters. The summed E-state index contributed by atoms with van der Waals surface area (Å²) in [7, 11) is 2.17. The second-order valence-corrected chi connectivity index (χ2v) is 7.98. The maximum absolute atomic E-state index is 3.60. The molecule has 1 saturated carbocycles. The Morgan fingerprint density at radius 3 is 2.57 bits per heavy atom. The van der Waals surface area contributed by atoms with Crippen molar-refractivity contribution in [2.45, 2.75) is 71.8 Å². The quantitative estimate of drug-likeness (QED) is 0.819. The first-order valence-corrected chi connectivity index (χ1v) is 9.53. The van der Waals surface area contributed by atoms with Gasteiger partial charge in [0.25, 0.3) is 0 Å². The predicted molar refractivity (Wildman–Crippen MR) is 92.6 cm³/mol. The van der Waals surface area contributed by atoms with Gasteiger partial charge in [0, 0.05) is 12.6 Å². The summed E-state index contributed by atoms with van der Waals surface area (Å²) in [4.78, 5) is 2.79. The Kier molecular flexibility index (Phi) is 7.01. The zero-order chi connectivity index (χ0) is 15.2. The molecule has 1 aliphatic carbocycles. The number of hydrogen-bond acceptors (Lipinski definition) is 2. The predicted octanol–water partition coefficient (Wildman–Crippen LogP) is 4.16. The molecule has 0 radical (unpaired) electrons. The molecule has 0 aromatic heterocycles. The van der Waals surface area contributed by atoms with Gasteiger partial charge in [-0.15, -0.1) is 0 Å². The molecule has 0 aromatic rings. The maximum Gasteiger partial charge on any atom is 0.0105 e. The normalized spacial score (nSPS) is 35.9. The lowest BCUT2D eigenvalue weighted by Crippen LogP contribution is -2.44. The summed E-state index contributed by atoms with van der Waals surface area (Å²) in [6.07, 6.45) is 9.94. The van der Waals surface area contributed by atoms with Crippen LogP contribution in [0.15, 0.2) is 0 Å². The van der Waals surface area contributed by atoms with Gasteiger partial charge in [-0.05, 0) is 82.3 Å². The molecule has 0 amide bonds. The van der Waals surface area contributed by atoms with E-state index in [0.29, 0.717) is 0 Å². The highest BCUT2D eigenvalue weighted by atomic mass is 15.1. The van der Waals surface area contributed by atoms with Gasteiger partial charge in [0.05, 0.1) is 0 Å². The largest absolute Gasteiger partial charge is 0.317 e. The van der Waals surface area contributed by atoms with E-state index in [9.17, 15) is 0 Å². The average Bonchev–Trinajstić information content (AvgIpc) is 2.73. The summed E-state index contributed by atoms with van der Waals surface area (Å²) in [5.41, 5.74) is 0. The van der Waals surface area contributed by atoms with Crippen LogP contribution in [-0.4, -0.2) is 37.6 Å². The lowest BCUT2D eigenvalue weighted by molar-refractivity contribution is 0.142. The topological polar surface area (TPSA) is 15.3 Å². The molecule has 0 spiro atoms. The van der Waals surface area contributed by atoms with Crippen molar-refractivity contribution in [3.63, 3.8) is 0 Å². The van der Waals surface area contributed by atoms with Crippen LogP contribution < -0.4 is 5.32 Å². The number of hydrogen-bond donors (Lipinski definition) is 1. The Bertz CT molecular complexity index is 289. The summed E-state index contributed by atoms with van der Waals surface area (Å²) in [5, 5.41) is 3.60. The molecule has 2 aliphatic rings. The third kappa shape index (κ3) is 4.96. The van der Waals surface area contributed by atoms with Crippen molar-refractivity contribution in [3.05, 3.63) is 0 Å². The fourth-order valence-corrected chi connectivity index (χ4v) is 4.68. The summed E-state index contributed by atoms with van der Waals surface area (Å²) >= 11 is 0. The molecule has 21 heavy (non-hydrogen) atoms. The molecule has 2 rings (SSSR count). The van der Waals surface area contributed by atoms with E-state index in [2.05, 4.69) is 38.0 Å². The fraction of sp³-hybridized carbons (Fsp3) is 1.00. The average molecular weight is 295 g/mol. The molecule has 1 saturated heterocycles. The van der Waals surface area contributed by atoms with Gasteiger partial charge in [0.1, 0.15) is 0 Å². The van der Waals surface area contributed by atoms with Crippen LogP contribution in [0.5, 0.6) is 0 Å². The monoisotopic (exact) mass is 294 g/mol. The first kappa shape index (κ1) is 17.3. The van der Waals surface area contributed by atoms with E-state index in [1.165, 1.54) is 64.6 Å². The first-order valence-electron chi connectivity index (χ1n) is 9.53. The SMILES string of the molecule is CCC1CCC(NC)C(CN2CCCC(C(C)C)CC2)C1. The Hall–Kier alpha value is -0.0800. The molecule has 0 aromatic carbocycles. The molecule has 2 nitrogen and oxygen atoms in total. The molecule has 0 bridgehead atoms. The minimum Gasteiger partial charge on any atom is -0.317 e. The number of likely N-dealkylation sites (tertiary alicyclic amines) is 1. The van der Waals surface area contributed by atoms with Crippen LogP contribution >= 0.6 is 0 Å². The third-order valence-electron chi connectivity index (χ3n) is 6.34. The first-order chi connectivity index (χ1) is 10.1. The standard InChI is InChI=1S/C19H38N2/c1-5-16-8-9-19(20-4)18(13-16)14-21-11-6-7-17(10-12-21)15(2)3/h15-20H,5-14H2,1-4H3. The second-order valence-electron chi connectivity index (χ2n) is 7.98. The Balaban J connectivity index is 1.86. The fourth-order valence-electron chi connectivity index (χ4n) is 4.68. The summed E-state index contributed by atoms with van der Waals surface area (Å²) < 4.78 is 0. The zero-order valence-corrected chi connectivity index (χ0v) is 14.9. The van der Waals surface area contributed by atoms with Crippen molar-refractivity contribution in [2.24, 2.45) is 23.7 Å². The van der Waals surface area contributed by atoms with Crippen LogP contribution in [-0.2, 0) is 0 Å². The van der Waals surface area contributed by atoms with Crippen molar-refractivity contribution in [1.29, 1.82) is 0 Å². The number of nitrogens with one attached hydrogen (secondary N) is 1. The van der Waals surface area contributed by atoms with Crippen molar-refractivity contribution in [1.82, 2.24) is 10.2 Å². The van der Waals surface area contributed by atoms with Crippen LogP contribution in [0.4, 0.5) is 0 Å². The molecular weight excluding hydrogens is 256 g/mol. The molecule has 4 atom stereocenters. The van der Waals surface area contributed by atoms with Gasteiger partial charge in [-0.25, -0.2) is 0 Å². The van der Waals surface area contributed by atoms with Gasteiger partial charge in [0.15, 0.2) is 0 Å². The van der Waals surface area contributed by atoms with E-state index in [1.807, 2.05) is 0 Å². The van der Waals surface area contributed by atoms with Gasteiger partial charge in [-0.1, -0.05) is 27.2 Å². The van der Waals surface area contributed by atoms with Crippen molar-refractivity contribution in [3.8, 4) is 0 Å². The highest BCUT2D eigenvalue weighted by Crippen LogP contribution is 2.33. The molecule has 1 N–H and O–H groups in total. The highest BCUT2D eigenvalue weighted by molar-refractivity contribution is 4.86. The number of nitrogens with zero attached hydrogens (tertiary/aromatic N) is 1. The molecule has 124 valence electrons. The molecule has 2 fully saturated rings. The minimum absolute atomic E-state index is 0.761. The van der Waals surface area contributed by atoms with Gasteiger partial charge < -0.3 is 10.2 Å². The van der Waals surface area contributed by atoms with Crippen molar-refractivity contribution >= 4 is 0 Å². The van der Waals surface area contributed by atoms with E-state index >= 15 is 0 Å². The smallest absolute Gasteiger partial charge is 0.0105 e. The zero-order valence-electron chi connectivity index (χ0n) is 14.9. The van der Waals surface area contributed by atoms with Crippen LogP contribution in [0.3, 0.4) is 0 Å². The Morgan fingerprint density at radius 2 is 1.90 bits per heavy atom. The lowest BCUT2D eigenvalue weighted by Gasteiger charge is -2.38. The van der Waals surface area contributed by atoms with E-state index in [0.717, 1.165) is 29.7 Å². The number of rotatable bonds is 5. The summed E-state index contributed by atoms with van der Waals surface area (Å²) in [6, 6.07) is 0.761. The molecular formula is C19H38N2. The molecule has 1 heterocycles. The maximum atomic E-state index is 3.60.